The van der Waals surface area contributed by atoms with Crippen LogP contribution < -0.4 is 0 Å². The molecule has 4 heteroatoms. The second-order valence-corrected chi connectivity index (χ2v) is 5.75. The predicted octanol–water partition coefficient (Wildman–Crippen LogP) is 3.30. The van der Waals surface area contributed by atoms with Gasteiger partial charge in [0.2, 0.25) is 3.79 Å². The van der Waals surface area contributed by atoms with Crippen LogP contribution in [0, 0.1) is 5.92 Å². The second kappa shape index (κ2) is 4.36. The van der Waals surface area contributed by atoms with Crippen molar-refractivity contribution < 1.29 is 5.11 Å². The van der Waals surface area contributed by atoms with Gasteiger partial charge in [-0.05, 0) is 18.8 Å². The van der Waals surface area contributed by atoms with E-state index in [1.165, 1.54) is 6.42 Å². The Balaban J connectivity index is 2.45. The monoisotopic (exact) mass is 230 g/mol. The highest BCUT2D eigenvalue weighted by molar-refractivity contribution is 6.68. The average molecular weight is 232 g/mol. The van der Waals surface area contributed by atoms with Crippen LogP contribution in [0.3, 0.4) is 0 Å². The third-order valence-corrected chi connectivity index (χ3v) is 3.10. The van der Waals surface area contributed by atoms with E-state index in [2.05, 4.69) is 0 Å². The minimum Gasteiger partial charge on any atom is -0.388 e. The maximum atomic E-state index is 9.61. The zero-order chi connectivity index (χ0) is 9.19. The molecule has 0 unspecified atom stereocenters. The van der Waals surface area contributed by atoms with Crippen LogP contribution in [0.5, 0.6) is 0 Å². The molecule has 1 nitrogen and oxygen atoms in total. The first-order valence-electron chi connectivity index (χ1n) is 4.26. The summed E-state index contributed by atoms with van der Waals surface area (Å²) >= 11 is 16.8. The number of hydrogen-bond donors (Lipinski definition) is 1. The maximum Gasteiger partial charge on any atom is 0.216 e. The summed E-state index contributed by atoms with van der Waals surface area (Å²) in [5, 5.41) is 9.61. The van der Waals surface area contributed by atoms with Crippen LogP contribution >= 0.6 is 34.8 Å². The van der Waals surface area contributed by atoms with Crippen molar-refractivity contribution in [2.24, 2.45) is 5.92 Å². The van der Waals surface area contributed by atoms with Crippen LogP contribution in [0.1, 0.15) is 32.1 Å². The van der Waals surface area contributed by atoms with Crippen molar-refractivity contribution in [1.29, 1.82) is 0 Å². The van der Waals surface area contributed by atoms with Crippen molar-refractivity contribution >= 4 is 34.8 Å². The Hall–Kier alpha value is 0.830. The van der Waals surface area contributed by atoms with Gasteiger partial charge < -0.3 is 5.11 Å². The van der Waals surface area contributed by atoms with Crippen LogP contribution in [0.4, 0.5) is 0 Å². The van der Waals surface area contributed by atoms with Gasteiger partial charge in [-0.3, -0.25) is 0 Å². The van der Waals surface area contributed by atoms with Gasteiger partial charge in [0.05, 0.1) is 0 Å². The van der Waals surface area contributed by atoms with Gasteiger partial charge in [0.15, 0.2) is 0 Å². The molecule has 0 heterocycles. The van der Waals surface area contributed by atoms with Crippen LogP contribution in [0.25, 0.3) is 0 Å². The molecule has 0 aromatic rings. The van der Waals surface area contributed by atoms with Gasteiger partial charge in [-0.15, -0.1) is 0 Å². The number of aliphatic hydroxyl groups is 1. The highest BCUT2D eigenvalue weighted by atomic mass is 35.6. The zero-order valence-electron chi connectivity index (χ0n) is 6.77. The Morgan fingerprint density at radius 3 is 2.00 bits per heavy atom. The van der Waals surface area contributed by atoms with E-state index in [1.54, 1.807) is 0 Å². The largest absolute Gasteiger partial charge is 0.388 e. The fraction of sp³-hybridized carbons (Fsp3) is 1.00. The molecule has 12 heavy (non-hydrogen) atoms. The first kappa shape index (κ1) is 10.9. The summed E-state index contributed by atoms with van der Waals surface area (Å²) < 4.78 is -1.51. The quantitative estimate of drug-likeness (QED) is 0.687. The number of hydrogen-bond acceptors (Lipinski definition) is 1. The van der Waals surface area contributed by atoms with Crippen LogP contribution in [0.15, 0.2) is 0 Å². The summed E-state index contributed by atoms with van der Waals surface area (Å²) in [7, 11) is 0. The highest BCUT2D eigenvalue weighted by Crippen LogP contribution is 2.39. The average Bonchev–Trinajstić information content (AvgIpc) is 2.03. The number of alkyl halides is 3. The van der Waals surface area contributed by atoms with Crippen molar-refractivity contribution in [1.82, 2.24) is 0 Å². The van der Waals surface area contributed by atoms with Crippen molar-refractivity contribution in [2.45, 2.75) is 42.0 Å². The van der Waals surface area contributed by atoms with Gasteiger partial charge in [0.1, 0.15) is 6.10 Å². The number of aliphatic hydroxyl groups excluding tert-OH is 1. The van der Waals surface area contributed by atoms with E-state index in [1.807, 2.05) is 0 Å². The first-order valence-corrected chi connectivity index (χ1v) is 5.40. The Bertz CT molecular complexity index is 138. The van der Waals surface area contributed by atoms with Crippen molar-refractivity contribution in [3.05, 3.63) is 0 Å². The van der Waals surface area contributed by atoms with E-state index in [-0.39, 0.29) is 5.92 Å². The molecule has 1 fully saturated rings. The lowest BCUT2D eigenvalue weighted by Crippen LogP contribution is -2.34. The highest BCUT2D eigenvalue weighted by Gasteiger charge is 2.37. The number of rotatable bonds is 1. The molecule has 1 saturated carbocycles. The molecule has 1 aliphatic carbocycles. The smallest absolute Gasteiger partial charge is 0.216 e. The lowest BCUT2D eigenvalue weighted by Gasteiger charge is -2.30. The van der Waals surface area contributed by atoms with E-state index in [4.69, 9.17) is 34.8 Å². The fourth-order valence-electron chi connectivity index (χ4n) is 1.72. The maximum absolute atomic E-state index is 9.61. The topological polar surface area (TPSA) is 20.2 Å². The molecule has 0 aromatic carbocycles. The standard InChI is InChI=1S/C8H13Cl3O/c9-8(10,11)7(12)6-4-2-1-3-5-6/h6-7,12H,1-5H2/t7-/m0/s1. The molecule has 0 spiro atoms. The minimum atomic E-state index is -1.51. The first-order chi connectivity index (χ1) is 5.52. The predicted molar refractivity (Wildman–Crippen MR) is 52.9 cm³/mol. The van der Waals surface area contributed by atoms with Gasteiger partial charge in [-0.2, -0.15) is 0 Å². The molecule has 0 amide bonds. The Labute approximate surface area is 88.0 Å². The number of halogens is 3. The molecule has 0 saturated heterocycles. The lowest BCUT2D eigenvalue weighted by molar-refractivity contribution is 0.0880. The summed E-state index contributed by atoms with van der Waals surface area (Å²) in [5.74, 6) is 0.172. The summed E-state index contributed by atoms with van der Waals surface area (Å²) in [6, 6.07) is 0. The molecular weight excluding hydrogens is 218 g/mol. The molecule has 1 N–H and O–H groups in total. The minimum absolute atomic E-state index is 0.172. The summed E-state index contributed by atoms with van der Waals surface area (Å²) in [6.07, 6.45) is 4.68. The Morgan fingerprint density at radius 1 is 1.08 bits per heavy atom. The SMILES string of the molecule is O[C@@H](C1CCCCC1)C(Cl)(Cl)Cl. The second-order valence-electron chi connectivity index (χ2n) is 3.38. The molecule has 1 rings (SSSR count). The fourth-order valence-corrected chi connectivity index (χ4v) is 2.25. The molecule has 1 aliphatic rings. The van der Waals surface area contributed by atoms with Crippen LogP contribution in [-0.2, 0) is 0 Å². The van der Waals surface area contributed by atoms with Crippen LogP contribution in [-0.4, -0.2) is 15.0 Å². The molecule has 0 aliphatic heterocycles. The van der Waals surface area contributed by atoms with Gasteiger partial charge in [0, 0.05) is 0 Å². The van der Waals surface area contributed by atoms with E-state index in [0.717, 1.165) is 25.7 Å². The molecule has 0 bridgehead atoms. The third-order valence-electron chi connectivity index (χ3n) is 2.43. The lowest BCUT2D eigenvalue weighted by atomic mass is 9.86. The van der Waals surface area contributed by atoms with Gasteiger partial charge in [-0.25, -0.2) is 0 Å². The van der Waals surface area contributed by atoms with E-state index in [0.29, 0.717) is 0 Å². The third kappa shape index (κ3) is 2.95. The summed E-state index contributed by atoms with van der Waals surface area (Å²) in [4.78, 5) is 0. The van der Waals surface area contributed by atoms with Crippen molar-refractivity contribution in [3.8, 4) is 0 Å². The molecule has 0 aromatic heterocycles. The van der Waals surface area contributed by atoms with Gasteiger partial charge in [-0.1, -0.05) is 54.1 Å². The summed E-state index contributed by atoms with van der Waals surface area (Å²) in [5.41, 5.74) is 0. The van der Waals surface area contributed by atoms with Crippen LogP contribution in [0.2, 0.25) is 0 Å². The Kier molecular flexibility index (Phi) is 3.97. The Morgan fingerprint density at radius 2 is 1.58 bits per heavy atom. The van der Waals surface area contributed by atoms with Crippen molar-refractivity contribution in [2.75, 3.05) is 0 Å². The molecular formula is C8H13Cl3O. The zero-order valence-corrected chi connectivity index (χ0v) is 9.04. The van der Waals surface area contributed by atoms with E-state index >= 15 is 0 Å². The van der Waals surface area contributed by atoms with E-state index < -0.39 is 9.90 Å². The molecule has 1 atom stereocenters. The van der Waals surface area contributed by atoms with Gasteiger partial charge >= 0.3 is 0 Å². The molecule has 72 valence electrons. The van der Waals surface area contributed by atoms with E-state index in [9.17, 15) is 5.11 Å². The molecule has 0 radical (unpaired) electrons. The summed E-state index contributed by atoms with van der Waals surface area (Å²) in [6.45, 7) is 0. The normalized spacial score (nSPS) is 24.0. The van der Waals surface area contributed by atoms with Crippen molar-refractivity contribution in [3.63, 3.8) is 0 Å². The van der Waals surface area contributed by atoms with Gasteiger partial charge in [0.25, 0.3) is 0 Å².